The monoisotopic (exact) mass is 427 g/mol. The summed E-state index contributed by atoms with van der Waals surface area (Å²) in [6.45, 7) is 4.02. The van der Waals surface area contributed by atoms with Crippen molar-refractivity contribution in [2.45, 2.75) is 19.1 Å². The molecule has 0 bridgehead atoms. The van der Waals surface area contributed by atoms with Gasteiger partial charge in [-0.1, -0.05) is 18.6 Å². The van der Waals surface area contributed by atoms with Gasteiger partial charge in [0, 0.05) is 35.3 Å². The maximum Gasteiger partial charge on any atom is 0.413 e. The normalized spacial score (nSPS) is 15.1. The number of amides is 2. The van der Waals surface area contributed by atoms with Crippen LogP contribution >= 0.6 is 0 Å². The number of terminal acetylenes is 1. The van der Waals surface area contributed by atoms with Crippen molar-refractivity contribution in [3.8, 4) is 12.3 Å². The number of hydrogen-bond acceptors (Lipinski definition) is 6. The fourth-order valence-electron chi connectivity index (χ4n) is 3.56. The number of likely N-dealkylation sites (tertiary alicyclic amines) is 1. The lowest BCUT2D eigenvalue weighted by atomic mass is 10.2. The first-order chi connectivity index (χ1) is 15.6. The van der Waals surface area contributed by atoms with Gasteiger partial charge in [0.05, 0.1) is 5.52 Å². The van der Waals surface area contributed by atoms with E-state index in [0.29, 0.717) is 35.4 Å². The zero-order valence-corrected chi connectivity index (χ0v) is 17.2. The van der Waals surface area contributed by atoms with Crippen LogP contribution in [0, 0.1) is 12.3 Å². The van der Waals surface area contributed by atoms with Crippen LogP contribution in [-0.2, 0) is 9.53 Å². The molecule has 8 nitrogen and oxygen atoms in total. The lowest BCUT2D eigenvalue weighted by Gasteiger charge is -2.23. The molecule has 32 heavy (non-hydrogen) atoms. The summed E-state index contributed by atoms with van der Waals surface area (Å²) in [4.78, 5) is 34.4. The van der Waals surface area contributed by atoms with Gasteiger partial charge >= 0.3 is 6.09 Å². The van der Waals surface area contributed by atoms with Crippen molar-refractivity contribution in [2.24, 2.45) is 0 Å². The van der Waals surface area contributed by atoms with Crippen LogP contribution in [0.25, 0.3) is 10.9 Å². The predicted molar refractivity (Wildman–Crippen MR) is 122 cm³/mol. The van der Waals surface area contributed by atoms with Crippen molar-refractivity contribution in [2.75, 3.05) is 17.2 Å². The average molecular weight is 427 g/mol. The van der Waals surface area contributed by atoms with Crippen molar-refractivity contribution in [3.63, 3.8) is 0 Å². The van der Waals surface area contributed by atoms with E-state index in [2.05, 4.69) is 33.1 Å². The Bertz CT molecular complexity index is 1230. The van der Waals surface area contributed by atoms with Gasteiger partial charge in [-0.15, -0.1) is 6.42 Å². The number of hydrogen-bond donors (Lipinski definition) is 2. The molecule has 1 aliphatic rings. The SMILES string of the molecule is C#Cc1cccc(Nc2ncnc3ccc(NC(=O)O[C@H]4CCCN4C(=O)C=C)cc23)c1. The number of benzene rings is 2. The first-order valence-corrected chi connectivity index (χ1v) is 10.1. The maximum atomic E-state index is 12.4. The molecule has 4 rings (SSSR count). The summed E-state index contributed by atoms with van der Waals surface area (Å²) in [5.41, 5.74) is 2.74. The largest absolute Gasteiger partial charge is 0.425 e. The van der Waals surface area contributed by atoms with Crippen LogP contribution in [0.5, 0.6) is 0 Å². The molecule has 2 N–H and O–H groups in total. The van der Waals surface area contributed by atoms with Gasteiger partial charge in [-0.3, -0.25) is 10.1 Å². The molecule has 8 heteroatoms. The van der Waals surface area contributed by atoms with Crippen LogP contribution in [0.3, 0.4) is 0 Å². The highest BCUT2D eigenvalue weighted by molar-refractivity contribution is 5.95. The quantitative estimate of drug-likeness (QED) is 0.471. The molecule has 1 fully saturated rings. The summed E-state index contributed by atoms with van der Waals surface area (Å²) in [7, 11) is 0. The molecular formula is C24H21N5O3. The van der Waals surface area contributed by atoms with Crippen LogP contribution < -0.4 is 10.6 Å². The van der Waals surface area contributed by atoms with E-state index in [-0.39, 0.29) is 5.91 Å². The van der Waals surface area contributed by atoms with Crippen molar-refractivity contribution in [3.05, 3.63) is 67.0 Å². The van der Waals surface area contributed by atoms with E-state index < -0.39 is 12.3 Å². The van der Waals surface area contributed by atoms with Gasteiger partial charge in [0.1, 0.15) is 12.1 Å². The Labute approximate surface area is 185 Å². The van der Waals surface area contributed by atoms with E-state index in [0.717, 1.165) is 17.7 Å². The van der Waals surface area contributed by atoms with Crippen LogP contribution in [-0.4, -0.2) is 39.6 Å². The molecule has 1 atom stereocenters. The van der Waals surface area contributed by atoms with E-state index in [9.17, 15) is 9.59 Å². The summed E-state index contributed by atoms with van der Waals surface area (Å²) < 4.78 is 5.46. The van der Waals surface area contributed by atoms with Gasteiger partial charge in [-0.2, -0.15) is 0 Å². The van der Waals surface area contributed by atoms with E-state index in [1.54, 1.807) is 18.2 Å². The Morgan fingerprint density at radius 3 is 2.91 bits per heavy atom. The number of anilines is 3. The summed E-state index contributed by atoms with van der Waals surface area (Å²) in [6, 6.07) is 12.7. The number of nitrogens with one attached hydrogen (secondary N) is 2. The molecule has 1 aliphatic heterocycles. The Kier molecular flexibility index (Phi) is 5.99. The molecule has 0 unspecified atom stereocenters. The first kappa shape index (κ1) is 20.9. The molecule has 0 radical (unpaired) electrons. The minimum Gasteiger partial charge on any atom is -0.425 e. The molecule has 2 heterocycles. The molecule has 0 saturated carbocycles. The Hall–Kier alpha value is -4.38. The molecule has 3 aromatic rings. The molecular weight excluding hydrogens is 406 g/mol. The third kappa shape index (κ3) is 4.52. The topological polar surface area (TPSA) is 96.4 Å². The Balaban J connectivity index is 1.52. The van der Waals surface area contributed by atoms with Gasteiger partial charge < -0.3 is 15.0 Å². The van der Waals surface area contributed by atoms with Crippen LogP contribution in [0.4, 0.5) is 22.0 Å². The number of ether oxygens (including phenoxy) is 1. The summed E-state index contributed by atoms with van der Waals surface area (Å²) in [6.07, 6.45) is 8.26. The van der Waals surface area contributed by atoms with E-state index in [1.165, 1.54) is 17.3 Å². The molecule has 2 amide bonds. The van der Waals surface area contributed by atoms with Gasteiger partial charge in [-0.05, 0) is 48.9 Å². The summed E-state index contributed by atoms with van der Waals surface area (Å²) >= 11 is 0. The van der Waals surface area contributed by atoms with Crippen LogP contribution in [0.1, 0.15) is 18.4 Å². The zero-order chi connectivity index (χ0) is 22.5. The third-order valence-electron chi connectivity index (χ3n) is 5.07. The summed E-state index contributed by atoms with van der Waals surface area (Å²) in [5.74, 6) is 2.91. The van der Waals surface area contributed by atoms with Gasteiger partial charge in [0.15, 0.2) is 6.23 Å². The molecule has 0 spiro atoms. The lowest BCUT2D eigenvalue weighted by molar-refractivity contribution is -0.132. The number of carbonyl (C=O) groups is 2. The Morgan fingerprint density at radius 2 is 2.09 bits per heavy atom. The van der Waals surface area contributed by atoms with Gasteiger partial charge in [0.25, 0.3) is 0 Å². The highest BCUT2D eigenvalue weighted by Crippen LogP contribution is 2.26. The minimum absolute atomic E-state index is 0.257. The number of nitrogens with zero attached hydrogens (tertiary/aromatic N) is 3. The lowest BCUT2D eigenvalue weighted by Crippen LogP contribution is -2.38. The highest BCUT2D eigenvalue weighted by atomic mass is 16.6. The third-order valence-corrected chi connectivity index (χ3v) is 5.07. The summed E-state index contributed by atoms with van der Waals surface area (Å²) in [5, 5.41) is 6.66. The molecule has 1 aromatic heterocycles. The molecule has 2 aromatic carbocycles. The van der Waals surface area contributed by atoms with Gasteiger partial charge in [0.2, 0.25) is 5.91 Å². The maximum absolute atomic E-state index is 12.4. The highest BCUT2D eigenvalue weighted by Gasteiger charge is 2.30. The molecule has 1 saturated heterocycles. The van der Waals surface area contributed by atoms with Crippen molar-refractivity contribution >= 4 is 40.1 Å². The second-order valence-electron chi connectivity index (χ2n) is 7.17. The smallest absolute Gasteiger partial charge is 0.413 e. The zero-order valence-electron chi connectivity index (χ0n) is 17.2. The average Bonchev–Trinajstić information content (AvgIpc) is 3.27. The van der Waals surface area contributed by atoms with Gasteiger partial charge in [-0.25, -0.2) is 14.8 Å². The molecule has 0 aliphatic carbocycles. The van der Waals surface area contributed by atoms with Crippen LogP contribution in [0.2, 0.25) is 0 Å². The number of fused-ring (bicyclic) bond motifs is 1. The Morgan fingerprint density at radius 1 is 1.22 bits per heavy atom. The first-order valence-electron chi connectivity index (χ1n) is 10.1. The van der Waals surface area contributed by atoms with Crippen molar-refractivity contribution < 1.29 is 14.3 Å². The van der Waals surface area contributed by atoms with E-state index in [1.807, 2.05) is 24.3 Å². The second kappa shape index (κ2) is 9.18. The second-order valence-corrected chi connectivity index (χ2v) is 7.17. The number of aromatic nitrogens is 2. The van der Waals surface area contributed by atoms with Crippen molar-refractivity contribution in [1.82, 2.24) is 14.9 Å². The van der Waals surface area contributed by atoms with E-state index >= 15 is 0 Å². The fraction of sp³-hybridized carbons (Fsp3) is 0.167. The minimum atomic E-state index is -0.647. The standard InChI is InChI=1S/C24H21N5O3/c1-3-16-7-5-8-17(13-16)27-23-19-14-18(10-11-20(19)25-15-26-23)28-24(31)32-22-9-6-12-29(22)21(30)4-2/h1,4-5,7-8,10-11,13-15,22H,2,6,9,12H2,(H,28,31)(H,25,26,27)/t22-/m0/s1. The van der Waals surface area contributed by atoms with Crippen molar-refractivity contribution in [1.29, 1.82) is 0 Å². The van der Waals surface area contributed by atoms with Crippen LogP contribution in [0.15, 0.2) is 61.4 Å². The number of rotatable bonds is 5. The molecule has 160 valence electrons. The van der Waals surface area contributed by atoms with E-state index in [4.69, 9.17) is 11.2 Å². The predicted octanol–water partition coefficient (Wildman–Crippen LogP) is 4.04. The number of carbonyl (C=O) groups excluding carboxylic acids is 2. The fourth-order valence-corrected chi connectivity index (χ4v) is 3.56.